The van der Waals surface area contributed by atoms with Crippen LogP contribution in [-0.2, 0) is 10.0 Å². The van der Waals surface area contributed by atoms with Crippen molar-refractivity contribution >= 4 is 27.1 Å². The molecule has 1 fully saturated rings. The molecule has 2 heterocycles. The van der Waals surface area contributed by atoms with Crippen LogP contribution in [0.1, 0.15) is 11.3 Å². The smallest absolute Gasteiger partial charge is 0.273 e. The van der Waals surface area contributed by atoms with Crippen molar-refractivity contribution in [3.8, 4) is 5.69 Å². The van der Waals surface area contributed by atoms with Crippen LogP contribution in [0.5, 0.6) is 0 Å². The molecule has 2 aromatic carbocycles. The van der Waals surface area contributed by atoms with Gasteiger partial charge in [-0.2, -0.15) is 0 Å². The molecule has 0 radical (unpaired) electrons. The molecule has 11 heteroatoms. The van der Waals surface area contributed by atoms with E-state index in [-0.39, 0.29) is 10.6 Å². The van der Waals surface area contributed by atoms with Gasteiger partial charge in [-0.3, -0.25) is 14.8 Å². The van der Waals surface area contributed by atoms with Crippen molar-refractivity contribution in [2.24, 2.45) is 0 Å². The van der Waals surface area contributed by atoms with Crippen molar-refractivity contribution in [1.29, 1.82) is 0 Å². The zero-order valence-electron chi connectivity index (χ0n) is 18.7. The van der Waals surface area contributed by atoms with Gasteiger partial charge in [-0.1, -0.05) is 6.07 Å². The molecule has 0 atom stereocenters. The number of benzene rings is 2. The second-order valence-corrected chi connectivity index (χ2v) is 9.94. The molecule has 10 nitrogen and oxygen atoms in total. The van der Waals surface area contributed by atoms with Crippen LogP contribution in [0.15, 0.2) is 53.8 Å². The summed E-state index contributed by atoms with van der Waals surface area (Å²) in [5.41, 5.74) is 3.02. The van der Waals surface area contributed by atoms with Crippen LogP contribution < -0.4 is 9.62 Å². The third-order valence-corrected chi connectivity index (χ3v) is 7.10. The fourth-order valence-corrected chi connectivity index (χ4v) is 4.84. The summed E-state index contributed by atoms with van der Waals surface area (Å²) in [6.45, 7) is 6.90. The monoisotopic (exact) mass is 470 g/mol. The molecule has 3 aromatic rings. The number of aryl methyl sites for hydroxylation is 2. The highest BCUT2D eigenvalue weighted by Gasteiger charge is 2.22. The number of nitrogens with zero attached hydrogens (tertiary/aromatic N) is 5. The highest BCUT2D eigenvalue weighted by molar-refractivity contribution is 7.92. The Hall–Kier alpha value is -3.44. The Morgan fingerprint density at radius 3 is 2.36 bits per heavy atom. The number of imidazole rings is 1. The number of rotatable bonds is 6. The first kappa shape index (κ1) is 22.7. The Bertz CT molecular complexity index is 1300. The van der Waals surface area contributed by atoms with Gasteiger partial charge in [0.2, 0.25) is 0 Å². The number of likely N-dealkylation sites (N-methyl/N-ethyl adjacent to an activating group) is 1. The first-order valence-corrected chi connectivity index (χ1v) is 12.0. The standard InChI is InChI=1S/C22H26N6O4S/c1-16-4-5-21(13-22(16)28(29)30)33(31,32)24-18-10-19(26-8-6-25(3)7-9-26)12-20(11-18)27-14-17(2)23-15-27/h4-5,10-15,24H,6-9H2,1-3H3. The summed E-state index contributed by atoms with van der Waals surface area (Å²) in [6, 6.07) is 9.41. The van der Waals surface area contributed by atoms with Crippen molar-refractivity contribution < 1.29 is 13.3 Å². The SMILES string of the molecule is Cc1cn(-c2cc(NS(=O)(=O)c3ccc(C)c([N+](=O)[O-])c3)cc(N3CCN(C)CC3)c2)cn1. The van der Waals surface area contributed by atoms with Crippen LogP contribution in [0, 0.1) is 24.0 Å². The Morgan fingerprint density at radius 1 is 1.03 bits per heavy atom. The van der Waals surface area contributed by atoms with E-state index in [1.807, 2.05) is 23.8 Å². The van der Waals surface area contributed by atoms with Gasteiger partial charge in [0.1, 0.15) is 0 Å². The Balaban J connectivity index is 1.72. The van der Waals surface area contributed by atoms with E-state index in [4.69, 9.17) is 0 Å². The number of sulfonamides is 1. The van der Waals surface area contributed by atoms with E-state index in [2.05, 4.69) is 26.6 Å². The van der Waals surface area contributed by atoms with Crippen molar-refractivity contribution in [2.45, 2.75) is 18.7 Å². The maximum absolute atomic E-state index is 13.1. The second-order valence-electron chi connectivity index (χ2n) is 8.26. The van der Waals surface area contributed by atoms with Gasteiger partial charge in [0.15, 0.2) is 0 Å². The lowest BCUT2D eigenvalue weighted by atomic mass is 10.2. The molecule has 4 rings (SSSR count). The molecular formula is C22H26N6O4S. The molecule has 0 saturated carbocycles. The minimum atomic E-state index is -4.04. The van der Waals surface area contributed by atoms with Crippen LogP contribution >= 0.6 is 0 Å². The molecule has 1 N–H and O–H groups in total. The fourth-order valence-electron chi connectivity index (χ4n) is 3.78. The Labute approximate surface area is 192 Å². The molecule has 0 bridgehead atoms. The van der Waals surface area contributed by atoms with Gasteiger partial charge in [-0.05, 0) is 45.2 Å². The summed E-state index contributed by atoms with van der Waals surface area (Å²) in [4.78, 5) is 19.3. The summed E-state index contributed by atoms with van der Waals surface area (Å²) in [7, 11) is -1.97. The van der Waals surface area contributed by atoms with Gasteiger partial charge in [0.05, 0.1) is 33.2 Å². The van der Waals surface area contributed by atoms with Gasteiger partial charge in [-0.15, -0.1) is 0 Å². The lowest BCUT2D eigenvalue weighted by molar-refractivity contribution is -0.385. The molecule has 33 heavy (non-hydrogen) atoms. The van der Waals surface area contributed by atoms with Crippen LogP contribution in [-0.4, -0.2) is 61.0 Å². The normalized spacial score (nSPS) is 14.9. The van der Waals surface area contributed by atoms with Gasteiger partial charge >= 0.3 is 0 Å². The molecule has 0 spiro atoms. The average Bonchev–Trinajstić information content (AvgIpc) is 3.20. The van der Waals surface area contributed by atoms with Gasteiger partial charge < -0.3 is 14.4 Å². The number of aromatic nitrogens is 2. The largest absolute Gasteiger partial charge is 0.369 e. The van der Waals surface area contributed by atoms with Crippen molar-refractivity contribution in [3.63, 3.8) is 0 Å². The summed E-state index contributed by atoms with van der Waals surface area (Å²) in [6.07, 6.45) is 3.55. The number of nitrogens with one attached hydrogen (secondary N) is 1. The second kappa shape index (κ2) is 8.83. The maximum atomic E-state index is 13.1. The van der Waals surface area contributed by atoms with E-state index in [0.717, 1.165) is 49.3 Å². The number of hydrogen-bond donors (Lipinski definition) is 1. The first-order valence-electron chi connectivity index (χ1n) is 10.5. The van der Waals surface area contributed by atoms with E-state index in [1.165, 1.54) is 12.1 Å². The molecule has 1 aliphatic rings. The van der Waals surface area contributed by atoms with Crippen LogP contribution in [0.25, 0.3) is 5.69 Å². The predicted octanol–water partition coefficient (Wildman–Crippen LogP) is 2.95. The minimum absolute atomic E-state index is 0.162. The Morgan fingerprint density at radius 2 is 1.73 bits per heavy atom. The van der Waals surface area contributed by atoms with Gasteiger partial charge in [0.25, 0.3) is 15.7 Å². The van der Waals surface area contributed by atoms with Crippen molar-refractivity contribution in [1.82, 2.24) is 14.5 Å². The third-order valence-electron chi connectivity index (χ3n) is 5.72. The van der Waals surface area contributed by atoms with E-state index >= 15 is 0 Å². The lowest BCUT2D eigenvalue weighted by Gasteiger charge is -2.34. The van der Waals surface area contributed by atoms with Gasteiger partial charge in [0, 0.05) is 49.7 Å². The maximum Gasteiger partial charge on any atom is 0.273 e. The number of nitro benzene ring substituents is 1. The van der Waals surface area contributed by atoms with E-state index in [0.29, 0.717) is 11.3 Å². The zero-order chi connectivity index (χ0) is 23.8. The summed E-state index contributed by atoms with van der Waals surface area (Å²) < 4.78 is 30.6. The fraction of sp³-hybridized carbons (Fsp3) is 0.318. The molecule has 174 valence electrons. The molecule has 1 saturated heterocycles. The Kier molecular flexibility index (Phi) is 6.09. The van der Waals surface area contributed by atoms with Crippen LogP contribution in [0.2, 0.25) is 0 Å². The van der Waals surface area contributed by atoms with Crippen LogP contribution in [0.4, 0.5) is 17.1 Å². The highest BCUT2D eigenvalue weighted by Crippen LogP contribution is 2.29. The highest BCUT2D eigenvalue weighted by atomic mass is 32.2. The molecule has 1 aromatic heterocycles. The molecular weight excluding hydrogens is 444 g/mol. The van der Waals surface area contributed by atoms with E-state index in [9.17, 15) is 18.5 Å². The van der Waals surface area contributed by atoms with Crippen molar-refractivity contribution in [2.75, 3.05) is 42.8 Å². The van der Waals surface area contributed by atoms with Gasteiger partial charge in [-0.25, -0.2) is 13.4 Å². The number of anilines is 2. The molecule has 1 aliphatic heterocycles. The number of hydrogen-bond acceptors (Lipinski definition) is 7. The quantitative estimate of drug-likeness (QED) is 0.435. The summed E-state index contributed by atoms with van der Waals surface area (Å²) in [5.74, 6) is 0. The van der Waals surface area contributed by atoms with Crippen molar-refractivity contribution in [3.05, 3.63) is 70.3 Å². The minimum Gasteiger partial charge on any atom is -0.369 e. The molecule has 0 unspecified atom stereocenters. The predicted molar refractivity (Wildman–Crippen MR) is 127 cm³/mol. The number of piperazine rings is 1. The van der Waals surface area contributed by atoms with E-state index in [1.54, 1.807) is 25.4 Å². The lowest BCUT2D eigenvalue weighted by Crippen LogP contribution is -2.44. The average molecular weight is 471 g/mol. The van der Waals surface area contributed by atoms with Crippen LogP contribution in [0.3, 0.4) is 0 Å². The molecule has 0 amide bonds. The summed E-state index contributed by atoms with van der Waals surface area (Å²) in [5, 5.41) is 11.3. The third kappa shape index (κ3) is 4.99. The topological polar surface area (TPSA) is 114 Å². The van der Waals surface area contributed by atoms with E-state index < -0.39 is 14.9 Å². The molecule has 0 aliphatic carbocycles. The summed E-state index contributed by atoms with van der Waals surface area (Å²) >= 11 is 0. The zero-order valence-corrected chi connectivity index (χ0v) is 19.5. The first-order chi connectivity index (χ1) is 15.6. The number of nitro groups is 1.